The highest BCUT2D eigenvalue weighted by molar-refractivity contribution is 9.10. The van der Waals surface area contributed by atoms with Gasteiger partial charge in [0.25, 0.3) is 5.91 Å². The molecule has 6 heteroatoms. The van der Waals surface area contributed by atoms with Gasteiger partial charge in [0.2, 0.25) is 0 Å². The van der Waals surface area contributed by atoms with Gasteiger partial charge in [0, 0.05) is 13.7 Å². The fourth-order valence-corrected chi connectivity index (χ4v) is 2.61. The van der Waals surface area contributed by atoms with E-state index in [9.17, 15) is 4.79 Å². The van der Waals surface area contributed by atoms with Gasteiger partial charge in [-0.25, -0.2) is 0 Å². The van der Waals surface area contributed by atoms with Crippen molar-refractivity contribution in [2.45, 2.75) is 38.8 Å². The molecular formula is C12H18BrN3O2. The smallest absolute Gasteiger partial charge is 0.273 e. The topological polar surface area (TPSA) is 56.1 Å². The lowest BCUT2D eigenvalue weighted by molar-refractivity contribution is 0.0708. The lowest BCUT2D eigenvalue weighted by atomic mass is 10.1. The minimum absolute atomic E-state index is 0.00853. The number of nitrogens with one attached hydrogen (secondary N) is 1. The van der Waals surface area contributed by atoms with Crippen LogP contribution in [-0.2, 0) is 11.8 Å². The second-order valence-electron chi connectivity index (χ2n) is 4.69. The standard InChI is InChI=1S/C12H18BrN3O2/c1-7(9-5-4-6-18-9)14-12(17)11-10(13)8(2)16(3)15-11/h7,9H,4-6H2,1-3H3,(H,14,17)/t7-,9-/m1/s1. The van der Waals surface area contributed by atoms with E-state index >= 15 is 0 Å². The number of nitrogens with zero attached hydrogens (tertiary/aromatic N) is 2. The largest absolute Gasteiger partial charge is 0.376 e. The number of ether oxygens (including phenoxy) is 1. The van der Waals surface area contributed by atoms with Crippen molar-refractivity contribution in [3.8, 4) is 0 Å². The number of aromatic nitrogens is 2. The van der Waals surface area contributed by atoms with Crippen LogP contribution in [-0.4, -0.2) is 34.4 Å². The molecule has 1 aliphatic heterocycles. The zero-order chi connectivity index (χ0) is 13.3. The maximum atomic E-state index is 12.1. The highest BCUT2D eigenvalue weighted by atomic mass is 79.9. The van der Waals surface area contributed by atoms with E-state index in [1.807, 2.05) is 20.9 Å². The van der Waals surface area contributed by atoms with Gasteiger partial charge in [-0.2, -0.15) is 5.10 Å². The van der Waals surface area contributed by atoms with Crippen molar-refractivity contribution in [3.63, 3.8) is 0 Å². The molecule has 1 saturated heterocycles. The maximum Gasteiger partial charge on any atom is 0.273 e. The first-order valence-corrected chi connectivity index (χ1v) is 6.91. The zero-order valence-electron chi connectivity index (χ0n) is 10.9. The average molecular weight is 316 g/mol. The number of carbonyl (C=O) groups is 1. The molecule has 5 nitrogen and oxygen atoms in total. The second-order valence-corrected chi connectivity index (χ2v) is 5.48. The molecule has 1 aromatic heterocycles. The first-order valence-electron chi connectivity index (χ1n) is 6.12. The number of hydrogen-bond acceptors (Lipinski definition) is 3. The predicted molar refractivity (Wildman–Crippen MR) is 71.5 cm³/mol. The molecule has 1 amide bonds. The van der Waals surface area contributed by atoms with Gasteiger partial charge < -0.3 is 10.1 Å². The van der Waals surface area contributed by atoms with Crippen molar-refractivity contribution in [2.75, 3.05) is 6.61 Å². The Hall–Kier alpha value is -0.880. The number of halogens is 1. The Morgan fingerprint density at radius 3 is 2.89 bits per heavy atom. The third-order valence-corrected chi connectivity index (χ3v) is 4.31. The molecule has 1 aliphatic rings. The van der Waals surface area contributed by atoms with E-state index in [-0.39, 0.29) is 18.1 Å². The highest BCUT2D eigenvalue weighted by Crippen LogP contribution is 2.21. The second kappa shape index (κ2) is 5.40. The van der Waals surface area contributed by atoms with Gasteiger partial charge in [-0.05, 0) is 42.6 Å². The maximum absolute atomic E-state index is 12.1. The fraction of sp³-hybridized carbons (Fsp3) is 0.667. The summed E-state index contributed by atoms with van der Waals surface area (Å²) in [5.41, 5.74) is 1.37. The Bertz CT molecular complexity index is 452. The van der Waals surface area contributed by atoms with Crippen molar-refractivity contribution in [3.05, 3.63) is 15.9 Å². The van der Waals surface area contributed by atoms with Gasteiger partial charge in [-0.1, -0.05) is 0 Å². The molecule has 0 bridgehead atoms. The third-order valence-electron chi connectivity index (χ3n) is 3.36. The molecule has 1 N–H and O–H groups in total. The molecule has 0 unspecified atom stereocenters. The van der Waals surface area contributed by atoms with Crippen LogP contribution in [0.15, 0.2) is 4.47 Å². The van der Waals surface area contributed by atoms with E-state index in [0.29, 0.717) is 5.69 Å². The molecule has 2 atom stereocenters. The van der Waals surface area contributed by atoms with Crippen molar-refractivity contribution < 1.29 is 9.53 Å². The van der Waals surface area contributed by atoms with Crippen LogP contribution < -0.4 is 5.32 Å². The quantitative estimate of drug-likeness (QED) is 0.925. The molecule has 2 heterocycles. The van der Waals surface area contributed by atoms with Gasteiger partial charge in [-0.15, -0.1) is 0 Å². The summed E-state index contributed by atoms with van der Waals surface area (Å²) in [6.07, 6.45) is 2.19. The van der Waals surface area contributed by atoms with Crippen LogP contribution in [0.1, 0.15) is 35.9 Å². The Balaban J connectivity index is 2.04. The van der Waals surface area contributed by atoms with Crippen molar-refractivity contribution in [2.24, 2.45) is 7.05 Å². The van der Waals surface area contributed by atoms with Crippen LogP contribution in [0.2, 0.25) is 0 Å². The van der Waals surface area contributed by atoms with Crippen molar-refractivity contribution >= 4 is 21.8 Å². The Morgan fingerprint density at radius 1 is 1.67 bits per heavy atom. The predicted octanol–water partition coefficient (Wildman–Crippen LogP) is 1.79. The minimum atomic E-state index is -0.159. The van der Waals surface area contributed by atoms with Crippen LogP contribution in [0.3, 0.4) is 0 Å². The summed E-state index contributed by atoms with van der Waals surface area (Å²) in [7, 11) is 1.82. The summed E-state index contributed by atoms with van der Waals surface area (Å²) in [5.74, 6) is -0.159. The zero-order valence-corrected chi connectivity index (χ0v) is 12.5. The molecule has 18 heavy (non-hydrogen) atoms. The molecule has 0 saturated carbocycles. The molecule has 0 spiro atoms. The monoisotopic (exact) mass is 315 g/mol. The number of hydrogen-bond donors (Lipinski definition) is 1. The summed E-state index contributed by atoms with van der Waals surface area (Å²) in [5, 5.41) is 7.16. The van der Waals surface area contributed by atoms with Crippen molar-refractivity contribution in [1.29, 1.82) is 0 Å². The fourth-order valence-electron chi connectivity index (χ4n) is 2.09. The Kier molecular flexibility index (Phi) is 4.07. The summed E-state index contributed by atoms with van der Waals surface area (Å²) < 4.78 is 8.00. The molecule has 1 aromatic rings. The molecule has 2 rings (SSSR count). The van der Waals surface area contributed by atoms with Gasteiger partial charge in [0.15, 0.2) is 5.69 Å². The molecular weight excluding hydrogens is 298 g/mol. The van der Waals surface area contributed by atoms with E-state index in [1.54, 1.807) is 4.68 Å². The van der Waals surface area contributed by atoms with Crippen LogP contribution in [0.25, 0.3) is 0 Å². The lowest BCUT2D eigenvalue weighted by Gasteiger charge is -2.19. The van der Waals surface area contributed by atoms with Gasteiger partial charge in [0.1, 0.15) is 0 Å². The first kappa shape index (κ1) is 13.5. The summed E-state index contributed by atoms with van der Waals surface area (Å²) in [6, 6.07) is 0.00853. The van der Waals surface area contributed by atoms with Crippen LogP contribution in [0.4, 0.5) is 0 Å². The molecule has 0 radical (unpaired) electrons. The van der Waals surface area contributed by atoms with Crippen LogP contribution in [0, 0.1) is 6.92 Å². The summed E-state index contributed by atoms with van der Waals surface area (Å²) in [4.78, 5) is 12.1. The molecule has 0 aliphatic carbocycles. The van der Waals surface area contributed by atoms with E-state index < -0.39 is 0 Å². The van der Waals surface area contributed by atoms with E-state index in [2.05, 4.69) is 26.3 Å². The first-order chi connectivity index (χ1) is 8.50. The normalized spacial score (nSPS) is 21.0. The number of carbonyl (C=O) groups excluding carboxylic acids is 1. The highest BCUT2D eigenvalue weighted by Gasteiger charge is 2.26. The van der Waals surface area contributed by atoms with Crippen LogP contribution in [0.5, 0.6) is 0 Å². The number of amides is 1. The summed E-state index contributed by atoms with van der Waals surface area (Å²) >= 11 is 3.40. The summed E-state index contributed by atoms with van der Waals surface area (Å²) in [6.45, 7) is 4.67. The van der Waals surface area contributed by atoms with Crippen LogP contribution >= 0.6 is 15.9 Å². The molecule has 100 valence electrons. The average Bonchev–Trinajstić information content (AvgIpc) is 2.94. The number of aryl methyl sites for hydroxylation is 1. The van der Waals surface area contributed by atoms with E-state index in [1.165, 1.54) is 0 Å². The van der Waals surface area contributed by atoms with Gasteiger partial charge in [-0.3, -0.25) is 9.48 Å². The van der Waals surface area contributed by atoms with E-state index in [0.717, 1.165) is 29.6 Å². The lowest BCUT2D eigenvalue weighted by Crippen LogP contribution is -2.41. The molecule has 0 aromatic carbocycles. The van der Waals surface area contributed by atoms with Crippen molar-refractivity contribution in [1.82, 2.24) is 15.1 Å². The van der Waals surface area contributed by atoms with Gasteiger partial charge >= 0.3 is 0 Å². The minimum Gasteiger partial charge on any atom is -0.376 e. The Labute approximate surface area is 115 Å². The van der Waals surface area contributed by atoms with E-state index in [4.69, 9.17) is 4.74 Å². The number of rotatable bonds is 3. The SMILES string of the molecule is Cc1c(Br)c(C(=O)N[C@H](C)[C@H]2CCCO2)nn1C. The van der Waals surface area contributed by atoms with Gasteiger partial charge in [0.05, 0.1) is 22.3 Å². The third kappa shape index (κ3) is 2.59. The Morgan fingerprint density at radius 2 is 2.39 bits per heavy atom. The molecule has 1 fully saturated rings.